The maximum Gasteiger partial charge on any atom is 0.246 e. The molecule has 1 rings (SSSR count). The van der Waals surface area contributed by atoms with Gasteiger partial charge in [-0.15, -0.1) is 12.4 Å². The molecule has 0 unspecified atom stereocenters. The van der Waals surface area contributed by atoms with Crippen molar-refractivity contribution in [2.24, 2.45) is 5.73 Å². The second-order valence-corrected chi connectivity index (χ2v) is 5.00. The molecular formula is C13H27ClN2O2. The Morgan fingerprint density at radius 1 is 1.33 bits per heavy atom. The number of nitrogens with two attached hydrogens (primary N) is 1. The molecule has 1 amide bonds. The van der Waals surface area contributed by atoms with Crippen LogP contribution in [0.4, 0.5) is 0 Å². The predicted molar refractivity (Wildman–Crippen MR) is 76.0 cm³/mol. The molecule has 0 atom stereocenters. The molecule has 0 saturated heterocycles. The average Bonchev–Trinajstić information content (AvgIpc) is 2.78. The minimum Gasteiger partial charge on any atom is -0.372 e. The van der Waals surface area contributed by atoms with Gasteiger partial charge in [0.25, 0.3) is 0 Å². The van der Waals surface area contributed by atoms with Crippen molar-refractivity contribution in [2.75, 3.05) is 19.8 Å². The molecule has 3 N–H and O–H groups in total. The summed E-state index contributed by atoms with van der Waals surface area (Å²) in [6.07, 6.45) is 7.70. The van der Waals surface area contributed by atoms with Crippen LogP contribution in [0.25, 0.3) is 0 Å². The van der Waals surface area contributed by atoms with E-state index in [-0.39, 0.29) is 30.5 Å². The van der Waals surface area contributed by atoms with Crippen LogP contribution in [0.3, 0.4) is 0 Å². The van der Waals surface area contributed by atoms with Crippen molar-refractivity contribution in [3.63, 3.8) is 0 Å². The van der Waals surface area contributed by atoms with Gasteiger partial charge in [0.2, 0.25) is 5.91 Å². The summed E-state index contributed by atoms with van der Waals surface area (Å²) >= 11 is 0. The van der Waals surface area contributed by atoms with Crippen LogP contribution in [0.15, 0.2) is 0 Å². The molecule has 1 aliphatic carbocycles. The lowest BCUT2D eigenvalue weighted by Crippen LogP contribution is -2.52. The highest BCUT2D eigenvalue weighted by molar-refractivity contribution is 5.85. The maximum atomic E-state index is 11.7. The van der Waals surface area contributed by atoms with Crippen molar-refractivity contribution in [1.82, 2.24) is 5.32 Å². The van der Waals surface area contributed by atoms with Gasteiger partial charge < -0.3 is 15.8 Å². The van der Waals surface area contributed by atoms with Crippen LogP contribution in [-0.2, 0) is 9.53 Å². The number of nitrogens with one attached hydrogen (secondary N) is 1. The van der Waals surface area contributed by atoms with Crippen molar-refractivity contribution in [2.45, 2.75) is 57.4 Å². The van der Waals surface area contributed by atoms with E-state index in [2.05, 4.69) is 12.2 Å². The highest BCUT2D eigenvalue weighted by Gasteiger charge is 2.33. The van der Waals surface area contributed by atoms with Crippen LogP contribution < -0.4 is 11.1 Å². The van der Waals surface area contributed by atoms with E-state index in [1.807, 2.05) is 0 Å². The van der Waals surface area contributed by atoms with Crippen LogP contribution in [-0.4, -0.2) is 31.2 Å². The zero-order valence-electron chi connectivity index (χ0n) is 11.4. The Balaban J connectivity index is 0.00000289. The molecule has 1 fully saturated rings. The van der Waals surface area contributed by atoms with Crippen LogP contribution >= 0.6 is 12.4 Å². The smallest absolute Gasteiger partial charge is 0.246 e. The first-order valence-corrected chi connectivity index (χ1v) is 6.81. The number of rotatable bonds is 8. The SMILES string of the molecule is CCCCCOCC(=O)NC1(CN)CCCC1.Cl. The van der Waals surface area contributed by atoms with Gasteiger partial charge in [-0.1, -0.05) is 32.6 Å². The second-order valence-electron chi connectivity index (χ2n) is 5.00. The fourth-order valence-electron chi connectivity index (χ4n) is 2.38. The van der Waals surface area contributed by atoms with Gasteiger partial charge in [-0.25, -0.2) is 0 Å². The number of hydrogen-bond donors (Lipinski definition) is 2. The van der Waals surface area contributed by atoms with Crippen LogP contribution in [0.1, 0.15) is 51.9 Å². The summed E-state index contributed by atoms with van der Waals surface area (Å²) in [5.74, 6) is -0.0196. The average molecular weight is 279 g/mol. The first kappa shape index (κ1) is 17.7. The summed E-state index contributed by atoms with van der Waals surface area (Å²) in [5, 5.41) is 3.04. The third-order valence-electron chi connectivity index (χ3n) is 3.48. The molecule has 0 spiro atoms. The van der Waals surface area contributed by atoms with Gasteiger partial charge in [0.1, 0.15) is 6.61 Å². The normalized spacial score (nSPS) is 17.2. The highest BCUT2D eigenvalue weighted by atomic mass is 35.5. The molecule has 1 saturated carbocycles. The first-order chi connectivity index (χ1) is 8.22. The lowest BCUT2D eigenvalue weighted by molar-refractivity contribution is -0.127. The van der Waals surface area contributed by atoms with E-state index in [1.54, 1.807) is 0 Å². The molecular weight excluding hydrogens is 252 g/mol. The van der Waals surface area contributed by atoms with E-state index in [0.717, 1.165) is 38.5 Å². The lowest BCUT2D eigenvalue weighted by Gasteiger charge is -2.28. The summed E-state index contributed by atoms with van der Waals surface area (Å²) in [7, 11) is 0. The maximum absolute atomic E-state index is 11.7. The van der Waals surface area contributed by atoms with Crippen molar-refractivity contribution < 1.29 is 9.53 Å². The fourth-order valence-corrected chi connectivity index (χ4v) is 2.38. The summed E-state index contributed by atoms with van der Waals surface area (Å²) in [6.45, 7) is 3.54. The van der Waals surface area contributed by atoms with Crippen LogP contribution in [0.5, 0.6) is 0 Å². The van der Waals surface area contributed by atoms with Crippen molar-refractivity contribution >= 4 is 18.3 Å². The fraction of sp³-hybridized carbons (Fsp3) is 0.923. The number of amides is 1. The zero-order chi connectivity index (χ0) is 12.6. The second kappa shape index (κ2) is 9.59. The molecule has 1 aliphatic rings. The Morgan fingerprint density at radius 2 is 2.00 bits per heavy atom. The van der Waals surface area contributed by atoms with Crippen molar-refractivity contribution in [1.29, 1.82) is 0 Å². The molecule has 0 heterocycles. The molecule has 0 bridgehead atoms. The number of ether oxygens (including phenoxy) is 1. The third kappa shape index (κ3) is 6.03. The molecule has 108 valence electrons. The summed E-state index contributed by atoms with van der Waals surface area (Å²) in [6, 6.07) is 0. The van der Waals surface area contributed by atoms with E-state index in [1.165, 1.54) is 6.42 Å². The van der Waals surface area contributed by atoms with E-state index in [9.17, 15) is 4.79 Å². The van der Waals surface area contributed by atoms with Gasteiger partial charge in [0.05, 0.1) is 5.54 Å². The molecule has 0 aromatic rings. The molecule has 0 radical (unpaired) electrons. The van der Waals surface area contributed by atoms with Gasteiger partial charge in [-0.3, -0.25) is 4.79 Å². The van der Waals surface area contributed by atoms with E-state index >= 15 is 0 Å². The molecule has 4 nitrogen and oxygen atoms in total. The Kier molecular flexibility index (Phi) is 9.42. The Morgan fingerprint density at radius 3 is 2.56 bits per heavy atom. The minimum absolute atomic E-state index is 0. The third-order valence-corrected chi connectivity index (χ3v) is 3.48. The number of carbonyl (C=O) groups is 1. The molecule has 18 heavy (non-hydrogen) atoms. The quantitative estimate of drug-likeness (QED) is 0.668. The van der Waals surface area contributed by atoms with Gasteiger partial charge in [-0.2, -0.15) is 0 Å². The summed E-state index contributed by atoms with van der Waals surface area (Å²) < 4.78 is 5.34. The Labute approximate surface area is 116 Å². The Bertz CT molecular complexity index is 231. The van der Waals surface area contributed by atoms with Gasteiger partial charge in [0.15, 0.2) is 0 Å². The summed E-state index contributed by atoms with van der Waals surface area (Å²) in [4.78, 5) is 11.7. The molecule has 0 aromatic heterocycles. The number of carbonyl (C=O) groups excluding carboxylic acids is 1. The van der Waals surface area contributed by atoms with Crippen molar-refractivity contribution in [3.8, 4) is 0 Å². The van der Waals surface area contributed by atoms with E-state index < -0.39 is 0 Å². The minimum atomic E-state index is -0.149. The number of halogens is 1. The predicted octanol–water partition coefficient (Wildman–Crippen LogP) is 2.00. The standard InChI is InChI=1S/C13H26N2O2.ClH/c1-2-3-6-9-17-10-12(16)15-13(11-14)7-4-5-8-13;/h2-11,14H2,1H3,(H,15,16);1H. The largest absolute Gasteiger partial charge is 0.372 e. The van der Waals surface area contributed by atoms with Gasteiger partial charge in [0, 0.05) is 13.2 Å². The highest BCUT2D eigenvalue weighted by Crippen LogP contribution is 2.28. The van der Waals surface area contributed by atoms with E-state index in [0.29, 0.717) is 13.2 Å². The monoisotopic (exact) mass is 278 g/mol. The lowest BCUT2D eigenvalue weighted by atomic mass is 9.98. The molecule has 0 aliphatic heterocycles. The van der Waals surface area contributed by atoms with Crippen LogP contribution in [0, 0.1) is 0 Å². The molecule has 0 aromatic carbocycles. The van der Waals surface area contributed by atoms with Crippen molar-refractivity contribution in [3.05, 3.63) is 0 Å². The van der Waals surface area contributed by atoms with Gasteiger partial charge in [-0.05, 0) is 19.3 Å². The summed E-state index contributed by atoms with van der Waals surface area (Å²) in [5.41, 5.74) is 5.61. The first-order valence-electron chi connectivity index (χ1n) is 6.81. The van der Waals surface area contributed by atoms with Crippen LogP contribution in [0.2, 0.25) is 0 Å². The number of hydrogen-bond acceptors (Lipinski definition) is 3. The van der Waals surface area contributed by atoms with Gasteiger partial charge >= 0.3 is 0 Å². The topological polar surface area (TPSA) is 64.3 Å². The number of unbranched alkanes of at least 4 members (excludes halogenated alkanes) is 2. The molecule has 5 heteroatoms. The van der Waals surface area contributed by atoms with E-state index in [4.69, 9.17) is 10.5 Å². The zero-order valence-corrected chi connectivity index (χ0v) is 12.2. The Hall–Kier alpha value is -0.320.